The molecule has 118 heavy (non-hydrogen) atoms. The summed E-state index contributed by atoms with van der Waals surface area (Å²) in [6, 6.07) is -12.0. The maximum atomic E-state index is 14.8. The minimum Gasteiger partial charge on any atom is -0.508 e. The number of aromatic nitrogens is 2. The Morgan fingerprint density at radius 3 is 1.40 bits per heavy atom. The highest BCUT2D eigenvalue weighted by Crippen LogP contribution is 2.18. The lowest BCUT2D eigenvalue weighted by Gasteiger charge is -2.32. The first-order valence-electron chi connectivity index (χ1n) is 39.5. The Kier molecular flexibility index (Phi) is 44.1. The molecule has 13 atom stereocenters. The van der Waals surface area contributed by atoms with Crippen LogP contribution in [0.15, 0.2) is 41.8 Å². The number of carboxylic acid groups (broad SMARTS) is 1. The third-order valence-corrected chi connectivity index (χ3v) is 18.9. The highest BCUT2D eigenvalue weighted by Gasteiger charge is 2.41. The van der Waals surface area contributed by atoms with Crippen LogP contribution in [0.1, 0.15) is 197 Å². The Morgan fingerprint density at radius 2 is 0.932 bits per heavy atom. The van der Waals surface area contributed by atoms with Gasteiger partial charge >= 0.3 is 5.97 Å². The second kappa shape index (κ2) is 50.8. The minimum atomic E-state index is -1.82. The maximum Gasteiger partial charge on any atom is 0.303 e. The topological polar surface area (TPSA) is 710 Å². The number of carbonyl (C=O) groups excluding carboxylic acids is 16. The van der Waals surface area contributed by atoms with Crippen molar-refractivity contribution in [1.29, 1.82) is 0 Å². The van der Waals surface area contributed by atoms with Gasteiger partial charge in [-0.2, -0.15) is 0 Å². The largest absolute Gasteiger partial charge is 0.508 e. The van der Waals surface area contributed by atoms with Gasteiger partial charge in [-0.25, -0.2) is 4.98 Å². The summed E-state index contributed by atoms with van der Waals surface area (Å²) in [5, 5.41) is 52.8. The molecule has 16 amide bonds. The number of H-pyrrole nitrogens is 1. The average molecular weight is 1670 g/mol. The molecule has 1 heterocycles. The Labute approximate surface area is 686 Å². The Balaban J connectivity index is 2.57. The maximum absolute atomic E-state index is 14.8. The number of unbranched alkanes of at least 4 members (excludes halogenated alkanes) is 2. The zero-order chi connectivity index (χ0) is 89.5. The molecule has 0 bridgehead atoms. The molecule has 1 aromatic carbocycles. The zero-order valence-corrected chi connectivity index (χ0v) is 69.5. The number of aliphatic imine (C=N–C) groups is 1. The van der Waals surface area contributed by atoms with Crippen molar-refractivity contribution in [2.75, 3.05) is 13.1 Å². The Morgan fingerprint density at radius 1 is 0.483 bits per heavy atom. The number of benzene rings is 1. The number of carbonyl (C=O) groups is 17. The summed E-state index contributed by atoms with van der Waals surface area (Å²) >= 11 is 0. The summed E-state index contributed by atoms with van der Waals surface area (Å²) in [5.41, 5.74) is 37.2. The molecule has 2 aromatic rings. The van der Waals surface area contributed by atoms with Crippen molar-refractivity contribution in [3.05, 3.63) is 48.0 Å². The van der Waals surface area contributed by atoms with Gasteiger partial charge in [0.15, 0.2) is 5.96 Å². The van der Waals surface area contributed by atoms with Gasteiger partial charge in [0, 0.05) is 50.5 Å². The van der Waals surface area contributed by atoms with E-state index in [1.54, 1.807) is 48.5 Å². The summed E-state index contributed by atoms with van der Waals surface area (Å²) < 4.78 is 0. The molecule has 0 unspecified atom stereocenters. The van der Waals surface area contributed by atoms with Gasteiger partial charge in [0.25, 0.3) is 0 Å². The van der Waals surface area contributed by atoms with Crippen molar-refractivity contribution in [1.82, 2.24) is 79.1 Å². The number of guanidine groups is 1. The number of aromatic amines is 1. The number of hydrogen-bond donors (Lipinski definition) is 23. The number of phenols is 1. The number of hydrogen-bond acceptors (Lipinski definition) is 22. The van der Waals surface area contributed by atoms with E-state index in [1.807, 2.05) is 0 Å². The van der Waals surface area contributed by atoms with Crippen LogP contribution < -0.4 is 109 Å². The lowest BCUT2D eigenvalue weighted by molar-refractivity contribution is -0.140. The van der Waals surface area contributed by atoms with E-state index in [9.17, 15) is 91.7 Å². The number of nitrogens with zero attached hydrogens (tertiary/aromatic N) is 2. The van der Waals surface area contributed by atoms with E-state index in [4.69, 9.17) is 40.1 Å². The van der Waals surface area contributed by atoms with Gasteiger partial charge in [-0.05, 0) is 141 Å². The summed E-state index contributed by atoms with van der Waals surface area (Å²) in [5.74, 6) is -18.2. The molecule has 0 saturated carbocycles. The van der Waals surface area contributed by atoms with Crippen molar-refractivity contribution in [2.24, 2.45) is 62.9 Å². The van der Waals surface area contributed by atoms with E-state index in [0.29, 0.717) is 31.2 Å². The van der Waals surface area contributed by atoms with Crippen LogP contribution in [0.4, 0.5) is 0 Å². The number of nitrogens with one attached hydrogen (secondary N) is 14. The van der Waals surface area contributed by atoms with Gasteiger partial charge < -0.3 is 124 Å². The van der Waals surface area contributed by atoms with Crippen LogP contribution in [-0.2, 0) is 94.3 Å². The molecule has 42 heteroatoms. The quantitative estimate of drug-likeness (QED) is 0.0168. The van der Waals surface area contributed by atoms with Gasteiger partial charge in [-0.15, -0.1) is 0 Å². The van der Waals surface area contributed by atoms with Crippen molar-refractivity contribution in [3.63, 3.8) is 0 Å². The van der Waals surface area contributed by atoms with Crippen LogP contribution in [-0.4, -0.2) is 223 Å². The SMILES string of the molecule is CCCC[C@H](NC(=O)[C@H](CC(C)C)NC(=O)[C@H](CCC(N)=O)NC(=O)[C@@H](NC(=O)[C@H](CCC(=O)O)NC(=O)C(C)(C)NC(=O)[C@@H](NC(=O)C(C)(C)N)C(C)C)[C@@H](C)CC)C(=O)N[C@@H](Cc1cnc[nH]1)C(=O)N[C@@H](CCC(N)=O)C(=O)N[C@@H](CCCN=C(N)N)C(=O)N[C@@H](C)C(=O)N[C@@H](CCCCN)C(=O)N[C@H](Cc1ccc(O)cc1)C(N)=O. The van der Waals surface area contributed by atoms with E-state index in [2.05, 4.69) is 84.1 Å². The zero-order valence-electron chi connectivity index (χ0n) is 69.5. The fraction of sp³-hybridized carbons (Fsp3) is 0.645. The van der Waals surface area contributed by atoms with Crippen molar-refractivity contribution >= 4 is 106 Å². The van der Waals surface area contributed by atoms with Crippen LogP contribution in [0.3, 0.4) is 0 Å². The predicted molar refractivity (Wildman–Crippen MR) is 432 cm³/mol. The summed E-state index contributed by atoms with van der Waals surface area (Å²) in [6.45, 7) is 18.6. The van der Waals surface area contributed by atoms with Crippen LogP contribution in [0, 0.1) is 17.8 Å². The third-order valence-electron chi connectivity index (χ3n) is 18.9. The van der Waals surface area contributed by atoms with E-state index >= 15 is 0 Å². The Bertz CT molecular complexity index is 3750. The first-order valence-corrected chi connectivity index (χ1v) is 39.5. The lowest BCUT2D eigenvalue weighted by Crippen LogP contribution is -2.64. The molecular weight excluding hydrogens is 1540 g/mol. The standard InChI is InChI=1S/C76H127N23O19/c1-13-15-19-46(90-68(113)53(34-39(3)4)94-66(111)50(27-30-56(79)102)92-70(115)59(41(7)14-2)97-67(112)51(28-31-57(103)104)96-73(118)76(11,12)99-71(116)58(40(5)6)98-72(117)75(9,10)83)64(109)95-54(36-44-37-84-38-86-44)69(114)91-49(26-29-55(78)101)65(110)89-48(21-18-33-85-74(81)82)62(107)87-42(8)61(106)88-47(20-16-17-32-77)63(108)93-52(60(80)105)35-43-22-24-45(100)25-23-43/h22-25,37-42,46-54,58-59,100H,13-21,26-36,77,83H2,1-12H3,(H2,78,101)(H2,79,102)(H2,80,105)(H,84,86)(H,87,107)(H,88,106)(H,89,110)(H,90,113)(H,91,114)(H,92,115)(H,93,108)(H,94,111)(H,95,109)(H,96,118)(H,97,112)(H,98,117)(H,99,116)(H,103,104)(H4,81,82,85)/t41-,42-,46-,47-,48-,49-,50-,51-,52+,53-,54-,58-,59-/m0/s1. The van der Waals surface area contributed by atoms with Crippen molar-refractivity contribution < 1.29 is 91.7 Å². The molecule has 30 N–H and O–H groups in total. The molecule has 1 aromatic heterocycles. The smallest absolute Gasteiger partial charge is 0.303 e. The molecule has 0 aliphatic carbocycles. The second-order valence-corrected chi connectivity index (χ2v) is 31.1. The fourth-order valence-electron chi connectivity index (χ4n) is 11.6. The fourth-order valence-corrected chi connectivity index (χ4v) is 11.6. The molecule has 0 fully saturated rings. The van der Waals surface area contributed by atoms with Gasteiger partial charge in [0.1, 0.15) is 83.8 Å². The van der Waals surface area contributed by atoms with Gasteiger partial charge in [-0.3, -0.25) is 86.5 Å². The normalized spacial score (nSPS) is 14.7. The van der Waals surface area contributed by atoms with Gasteiger partial charge in [0.05, 0.1) is 11.9 Å². The number of imidazole rings is 1. The highest BCUT2D eigenvalue weighted by atomic mass is 16.4. The summed E-state index contributed by atoms with van der Waals surface area (Å²) in [6.07, 6.45) is 0.396. The van der Waals surface area contributed by atoms with Gasteiger partial charge in [-0.1, -0.05) is 79.9 Å². The molecule has 0 aliphatic rings. The number of aliphatic carboxylic acids is 1. The molecule has 0 saturated heterocycles. The van der Waals surface area contributed by atoms with E-state index < -0.39 is 234 Å². The Hall–Kier alpha value is -11.6. The van der Waals surface area contributed by atoms with E-state index in [0.717, 1.165) is 0 Å². The number of carboxylic acids is 1. The number of nitrogens with two attached hydrogens (primary N) is 7. The lowest BCUT2D eigenvalue weighted by atomic mass is 9.96. The number of primary amides is 3. The van der Waals surface area contributed by atoms with E-state index in [-0.39, 0.29) is 87.8 Å². The highest BCUT2D eigenvalue weighted by molar-refractivity contribution is 6.01. The molecular formula is C76H127N23O19. The summed E-state index contributed by atoms with van der Waals surface area (Å²) in [4.78, 5) is 245. The number of rotatable bonds is 56. The molecule has 660 valence electrons. The second-order valence-electron chi connectivity index (χ2n) is 31.1. The summed E-state index contributed by atoms with van der Waals surface area (Å²) in [7, 11) is 0. The molecule has 2 rings (SSSR count). The van der Waals surface area contributed by atoms with Crippen LogP contribution in [0.25, 0.3) is 0 Å². The van der Waals surface area contributed by atoms with Crippen LogP contribution >= 0.6 is 0 Å². The number of aromatic hydroxyl groups is 1. The molecule has 0 radical (unpaired) electrons. The molecule has 0 spiro atoms. The van der Waals surface area contributed by atoms with Crippen LogP contribution in [0.2, 0.25) is 0 Å². The van der Waals surface area contributed by atoms with Crippen molar-refractivity contribution in [3.8, 4) is 5.75 Å². The first kappa shape index (κ1) is 102. The van der Waals surface area contributed by atoms with Crippen LogP contribution in [0.5, 0.6) is 5.75 Å². The van der Waals surface area contributed by atoms with Gasteiger partial charge in [0.2, 0.25) is 94.5 Å². The number of phenolic OH excluding ortho intramolecular Hbond substituents is 1. The number of amides is 16. The average Bonchev–Trinajstić information content (AvgIpc) is 0.874. The van der Waals surface area contributed by atoms with Crippen molar-refractivity contribution in [2.45, 2.75) is 282 Å². The minimum absolute atomic E-state index is 0.0281. The molecule has 42 nitrogen and oxygen atoms in total. The molecule has 0 aliphatic heterocycles. The van der Waals surface area contributed by atoms with E-state index in [1.165, 1.54) is 71.4 Å². The first-order chi connectivity index (χ1) is 55.1. The third kappa shape index (κ3) is 38.0. The predicted octanol–water partition coefficient (Wildman–Crippen LogP) is -4.63. The monoisotopic (exact) mass is 1670 g/mol.